The predicted octanol–water partition coefficient (Wildman–Crippen LogP) is 3.99. The average molecular weight is 385 g/mol. The van der Waals surface area contributed by atoms with Gasteiger partial charge in [0.25, 0.3) is 6.01 Å². The first-order valence-corrected chi connectivity index (χ1v) is 10.6. The number of anilines is 1. The van der Waals surface area contributed by atoms with E-state index in [4.69, 9.17) is 14.1 Å². The van der Waals surface area contributed by atoms with Crippen molar-refractivity contribution in [3.8, 4) is 10.6 Å². The SMILES string of the molecule is CCOC(C)c1cc(-c2nccs2)c2oc(N3CC4CCC(C3)N4)nc2c1. The number of piperazine rings is 1. The van der Waals surface area contributed by atoms with Gasteiger partial charge in [0.1, 0.15) is 10.5 Å². The molecule has 0 saturated carbocycles. The third-order valence-corrected chi connectivity index (χ3v) is 6.34. The molecule has 5 rings (SSSR count). The van der Waals surface area contributed by atoms with E-state index < -0.39 is 0 Å². The highest BCUT2D eigenvalue weighted by Gasteiger charge is 2.34. The summed E-state index contributed by atoms with van der Waals surface area (Å²) in [5.74, 6) is 0. The number of aromatic nitrogens is 2. The number of nitrogens with zero attached hydrogens (tertiary/aromatic N) is 3. The molecule has 3 unspecified atom stereocenters. The molecule has 7 heteroatoms. The fourth-order valence-electron chi connectivity index (χ4n) is 4.23. The molecule has 4 heterocycles. The number of benzene rings is 1. The van der Waals surface area contributed by atoms with Gasteiger partial charge in [-0.25, -0.2) is 4.98 Å². The maximum atomic E-state index is 6.29. The van der Waals surface area contributed by atoms with Crippen LogP contribution in [0.15, 0.2) is 28.1 Å². The van der Waals surface area contributed by atoms with Gasteiger partial charge in [-0.1, -0.05) is 0 Å². The molecule has 0 aliphatic carbocycles. The summed E-state index contributed by atoms with van der Waals surface area (Å²) in [6.07, 6.45) is 4.31. The number of oxazole rings is 1. The van der Waals surface area contributed by atoms with Crippen molar-refractivity contribution in [3.63, 3.8) is 0 Å². The molecule has 2 saturated heterocycles. The molecule has 6 nitrogen and oxygen atoms in total. The molecule has 1 N–H and O–H groups in total. The van der Waals surface area contributed by atoms with Gasteiger partial charge in [0.2, 0.25) is 0 Å². The summed E-state index contributed by atoms with van der Waals surface area (Å²) in [6.45, 7) is 6.69. The Morgan fingerprint density at radius 1 is 1.33 bits per heavy atom. The lowest BCUT2D eigenvalue weighted by molar-refractivity contribution is 0.0765. The first kappa shape index (κ1) is 17.2. The van der Waals surface area contributed by atoms with Gasteiger partial charge in [0.15, 0.2) is 5.58 Å². The molecule has 0 amide bonds. The minimum absolute atomic E-state index is 0.00768. The van der Waals surface area contributed by atoms with E-state index in [0.29, 0.717) is 18.7 Å². The normalized spacial score (nSPS) is 23.3. The minimum atomic E-state index is 0.00768. The summed E-state index contributed by atoms with van der Waals surface area (Å²) in [4.78, 5) is 11.7. The number of thiazole rings is 1. The molecule has 3 atom stereocenters. The van der Waals surface area contributed by atoms with Crippen LogP contribution in [0.2, 0.25) is 0 Å². The molecule has 27 heavy (non-hydrogen) atoms. The Hall–Kier alpha value is -1.96. The summed E-state index contributed by atoms with van der Waals surface area (Å²) >= 11 is 1.62. The van der Waals surface area contributed by atoms with Crippen molar-refractivity contribution in [1.29, 1.82) is 0 Å². The molecule has 3 aromatic rings. The van der Waals surface area contributed by atoms with Crippen LogP contribution in [0, 0.1) is 0 Å². The minimum Gasteiger partial charge on any atom is -0.423 e. The van der Waals surface area contributed by atoms with Crippen LogP contribution in [0.25, 0.3) is 21.7 Å². The maximum Gasteiger partial charge on any atom is 0.298 e. The zero-order chi connectivity index (χ0) is 18.4. The van der Waals surface area contributed by atoms with E-state index in [0.717, 1.165) is 46.3 Å². The first-order valence-electron chi connectivity index (χ1n) is 9.68. The van der Waals surface area contributed by atoms with Gasteiger partial charge in [-0.05, 0) is 44.4 Å². The molecule has 2 aromatic heterocycles. The number of fused-ring (bicyclic) bond motifs is 3. The smallest absolute Gasteiger partial charge is 0.298 e. The van der Waals surface area contributed by atoms with E-state index in [-0.39, 0.29) is 6.10 Å². The van der Waals surface area contributed by atoms with E-state index in [1.165, 1.54) is 12.8 Å². The molecule has 2 aliphatic rings. The average Bonchev–Trinajstić information content (AvgIpc) is 3.40. The lowest BCUT2D eigenvalue weighted by Crippen LogP contribution is -2.51. The number of nitrogens with one attached hydrogen (secondary N) is 1. The standard InChI is InChI=1S/C20H24N4O2S/c1-3-25-12(2)13-8-16(19-21-6-7-27-19)18-17(9-13)23-20(26-18)24-10-14-4-5-15(11-24)22-14/h6-9,12,14-15,22H,3-5,10-11H2,1-2H3. The van der Waals surface area contributed by atoms with Crippen molar-refractivity contribution >= 4 is 28.5 Å². The monoisotopic (exact) mass is 384 g/mol. The fraction of sp³-hybridized carbons (Fsp3) is 0.500. The Morgan fingerprint density at radius 3 is 2.85 bits per heavy atom. The molecule has 1 aromatic carbocycles. The van der Waals surface area contributed by atoms with Crippen LogP contribution in [0.1, 0.15) is 38.4 Å². The van der Waals surface area contributed by atoms with Gasteiger partial charge >= 0.3 is 0 Å². The van der Waals surface area contributed by atoms with E-state index in [9.17, 15) is 0 Å². The van der Waals surface area contributed by atoms with Crippen LogP contribution in [0.3, 0.4) is 0 Å². The highest BCUT2D eigenvalue weighted by atomic mass is 32.1. The maximum absolute atomic E-state index is 6.29. The molecule has 0 radical (unpaired) electrons. The second-order valence-electron chi connectivity index (χ2n) is 7.39. The number of rotatable bonds is 5. The molecule has 2 fully saturated rings. The van der Waals surface area contributed by atoms with E-state index in [1.54, 1.807) is 11.3 Å². The molecule has 142 valence electrons. The summed E-state index contributed by atoms with van der Waals surface area (Å²) in [5, 5.41) is 6.60. The Morgan fingerprint density at radius 2 is 2.15 bits per heavy atom. The van der Waals surface area contributed by atoms with Crippen molar-refractivity contribution in [3.05, 3.63) is 29.3 Å². The van der Waals surface area contributed by atoms with Gasteiger partial charge in [0.05, 0.1) is 11.7 Å². The van der Waals surface area contributed by atoms with Gasteiger partial charge in [0, 0.05) is 43.4 Å². The van der Waals surface area contributed by atoms with Gasteiger partial charge in [-0.3, -0.25) is 0 Å². The number of hydrogen-bond donors (Lipinski definition) is 1. The van der Waals surface area contributed by atoms with Crippen molar-refractivity contribution in [2.24, 2.45) is 0 Å². The van der Waals surface area contributed by atoms with Crippen molar-refractivity contribution < 1.29 is 9.15 Å². The third kappa shape index (κ3) is 3.13. The summed E-state index contributed by atoms with van der Waals surface area (Å²) in [7, 11) is 0. The Bertz CT molecular complexity index is 927. The zero-order valence-corrected chi connectivity index (χ0v) is 16.5. The molecular weight excluding hydrogens is 360 g/mol. The van der Waals surface area contributed by atoms with Crippen LogP contribution in [-0.2, 0) is 4.74 Å². The van der Waals surface area contributed by atoms with Crippen LogP contribution < -0.4 is 10.2 Å². The number of hydrogen-bond acceptors (Lipinski definition) is 7. The van der Waals surface area contributed by atoms with Gasteiger partial charge in [-0.2, -0.15) is 4.98 Å². The molecule has 2 bridgehead atoms. The Labute approximate surface area is 162 Å². The van der Waals surface area contributed by atoms with Crippen LogP contribution >= 0.6 is 11.3 Å². The van der Waals surface area contributed by atoms with Crippen molar-refractivity contribution in [1.82, 2.24) is 15.3 Å². The summed E-state index contributed by atoms with van der Waals surface area (Å²) < 4.78 is 12.1. The zero-order valence-electron chi connectivity index (χ0n) is 15.6. The summed E-state index contributed by atoms with van der Waals surface area (Å²) in [6, 6.07) is 6.05. The van der Waals surface area contributed by atoms with Crippen LogP contribution in [0.4, 0.5) is 6.01 Å². The highest BCUT2D eigenvalue weighted by molar-refractivity contribution is 7.13. The summed E-state index contributed by atoms with van der Waals surface area (Å²) in [5.41, 5.74) is 3.80. The largest absolute Gasteiger partial charge is 0.423 e. The van der Waals surface area contributed by atoms with Gasteiger partial charge in [-0.15, -0.1) is 11.3 Å². The van der Waals surface area contributed by atoms with E-state index in [2.05, 4.69) is 34.3 Å². The molecular formula is C20H24N4O2S. The second kappa shape index (κ2) is 6.89. The fourth-order valence-corrected chi connectivity index (χ4v) is 4.88. The second-order valence-corrected chi connectivity index (χ2v) is 8.29. The predicted molar refractivity (Wildman–Crippen MR) is 107 cm³/mol. The molecule has 0 spiro atoms. The first-order chi connectivity index (χ1) is 13.2. The van der Waals surface area contributed by atoms with E-state index >= 15 is 0 Å². The lowest BCUT2D eigenvalue weighted by atomic mass is 10.1. The lowest BCUT2D eigenvalue weighted by Gasteiger charge is -2.31. The van der Waals surface area contributed by atoms with Gasteiger partial charge < -0.3 is 19.4 Å². The van der Waals surface area contributed by atoms with Crippen molar-refractivity contribution in [2.75, 3.05) is 24.6 Å². The van der Waals surface area contributed by atoms with Crippen LogP contribution in [-0.4, -0.2) is 41.7 Å². The number of ether oxygens (including phenoxy) is 1. The molecule has 2 aliphatic heterocycles. The highest BCUT2D eigenvalue weighted by Crippen LogP contribution is 2.37. The topological polar surface area (TPSA) is 63.4 Å². The Balaban J connectivity index is 1.59. The van der Waals surface area contributed by atoms with E-state index in [1.807, 2.05) is 18.5 Å². The van der Waals surface area contributed by atoms with Crippen molar-refractivity contribution in [2.45, 2.75) is 44.9 Å². The van der Waals surface area contributed by atoms with Crippen LogP contribution in [0.5, 0.6) is 0 Å². The third-order valence-electron chi connectivity index (χ3n) is 5.54. The Kier molecular flexibility index (Phi) is 4.38. The quantitative estimate of drug-likeness (QED) is 0.718.